The summed E-state index contributed by atoms with van der Waals surface area (Å²) in [6.07, 6.45) is 11.7. The molecule has 0 aliphatic carbocycles. The van der Waals surface area contributed by atoms with Crippen molar-refractivity contribution in [2.24, 2.45) is 0 Å². The van der Waals surface area contributed by atoms with E-state index in [1.165, 1.54) is 29.4 Å². The van der Waals surface area contributed by atoms with Gasteiger partial charge in [-0.3, -0.25) is 9.59 Å². The zero-order valence-corrected chi connectivity index (χ0v) is 54.3. The minimum absolute atomic E-state index is 0. The number of nitrogens with one attached hydrogen (secondary N) is 1. The number of piperidine rings is 2. The molecule has 8 heterocycles. The van der Waals surface area contributed by atoms with Crippen molar-refractivity contribution >= 4 is 72.4 Å². The molecule has 14 rings (SSSR count). The first-order valence-corrected chi connectivity index (χ1v) is 33.1. The summed E-state index contributed by atoms with van der Waals surface area (Å²) < 4.78 is 48.9. The average molecular weight is 1380 g/mol. The van der Waals surface area contributed by atoms with Crippen molar-refractivity contribution in [3.8, 4) is 68.3 Å². The van der Waals surface area contributed by atoms with E-state index in [0.717, 1.165) is 69.0 Å². The molecule has 0 bridgehead atoms. The maximum atomic E-state index is 12.2. The van der Waals surface area contributed by atoms with Crippen LogP contribution in [0.1, 0.15) is 67.0 Å². The van der Waals surface area contributed by atoms with Crippen LogP contribution < -0.4 is 36.7 Å². The summed E-state index contributed by atoms with van der Waals surface area (Å²) in [5.41, 5.74) is 25.3. The van der Waals surface area contributed by atoms with Crippen molar-refractivity contribution in [2.45, 2.75) is 73.5 Å². The van der Waals surface area contributed by atoms with E-state index in [-0.39, 0.29) is 46.2 Å². The summed E-state index contributed by atoms with van der Waals surface area (Å²) in [4.78, 5) is 51.3. The number of carbonyl (C=O) groups is 2. The van der Waals surface area contributed by atoms with Crippen LogP contribution in [-0.2, 0) is 26.2 Å². The van der Waals surface area contributed by atoms with Crippen molar-refractivity contribution in [1.29, 1.82) is 0 Å². The van der Waals surface area contributed by atoms with Crippen LogP contribution in [0.15, 0.2) is 220 Å². The molecule has 2 aliphatic rings. The Bertz CT molecular complexity index is 4920. The predicted molar refractivity (Wildman–Crippen MR) is 397 cm³/mol. The van der Waals surface area contributed by atoms with E-state index in [1.807, 2.05) is 185 Å². The molecular weight excluding hydrogens is 1300 g/mol. The molecular formula is C75H82N18O7S. The average Bonchev–Trinajstić information content (AvgIpc) is 1.63. The molecule has 26 heteroatoms. The van der Waals surface area contributed by atoms with Gasteiger partial charge in [0, 0.05) is 54.8 Å². The van der Waals surface area contributed by atoms with Crippen LogP contribution in [0.25, 0.3) is 66.9 Å². The van der Waals surface area contributed by atoms with Gasteiger partial charge in [-0.05, 0) is 154 Å². The van der Waals surface area contributed by atoms with Gasteiger partial charge in [0.15, 0.2) is 16.9 Å². The third-order valence-corrected chi connectivity index (χ3v) is 18.0. The van der Waals surface area contributed by atoms with E-state index in [0.29, 0.717) is 120 Å². The molecule has 0 saturated carbocycles. The number of anilines is 3. The summed E-state index contributed by atoms with van der Waals surface area (Å²) in [5, 5.41) is 20.3. The number of nitrogens with zero attached hydrogens (tertiary/aromatic N) is 14. The SMILES string of the molecule is C.C.C.C/C=C/C(=O)N1CCC(n2nc(-c3ccc(Oc4ccccc4)cc3)c3c(N)ncnc32)CC1.C=CC(=O)NCCn1nc(-c2ccc(Oc3ccccc3)cc2)c2c(N)ncnc21.C=CS(=O)(=O)N1CCC(n2nc(-c3ccc(Oc4ccccc4)cc3)c3c(N)ncnc32)CC1. The van der Waals surface area contributed by atoms with E-state index in [9.17, 15) is 18.0 Å². The van der Waals surface area contributed by atoms with E-state index >= 15 is 0 Å². The highest BCUT2D eigenvalue weighted by molar-refractivity contribution is 7.92. The number of hydrogen-bond donors (Lipinski definition) is 4. The highest BCUT2D eigenvalue weighted by Gasteiger charge is 2.31. The second-order valence-electron chi connectivity index (χ2n) is 22.7. The number of amides is 2. The third-order valence-electron chi connectivity index (χ3n) is 16.5. The van der Waals surface area contributed by atoms with Crippen LogP contribution in [0, 0.1) is 0 Å². The van der Waals surface area contributed by atoms with Crippen molar-refractivity contribution in [2.75, 3.05) is 49.9 Å². The topological polar surface area (TPSA) is 323 Å². The molecule has 0 radical (unpaired) electrons. The quantitative estimate of drug-likeness (QED) is 0.0580. The number of sulfonamides is 1. The maximum absolute atomic E-state index is 12.2. The molecule has 0 unspecified atom stereocenters. The first-order valence-electron chi connectivity index (χ1n) is 31.6. The molecule has 2 fully saturated rings. The number of nitrogen functional groups attached to an aromatic ring is 3. The first kappa shape index (κ1) is 73.1. The molecule has 520 valence electrons. The molecule has 25 nitrogen and oxygen atoms in total. The number of fused-ring (bicyclic) bond motifs is 3. The van der Waals surface area contributed by atoms with Gasteiger partial charge < -0.3 is 41.6 Å². The third kappa shape index (κ3) is 16.9. The van der Waals surface area contributed by atoms with Crippen molar-refractivity contribution in [3.63, 3.8) is 0 Å². The smallest absolute Gasteiger partial charge is 0.246 e. The van der Waals surface area contributed by atoms with Crippen LogP contribution in [0.3, 0.4) is 0 Å². The number of hydrogen-bond acceptors (Lipinski definition) is 19. The number of ether oxygens (including phenoxy) is 3. The number of likely N-dealkylation sites (tertiary alicyclic amines) is 1. The number of benzene rings is 6. The van der Waals surface area contributed by atoms with Gasteiger partial charge >= 0.3 is 0 Å². The van der Waals surface area contributed by atoms with E-state index in [2.05, 4.69) is 53.5 Å². The Morgan fingerprint density at radius 1 is 0.505 bits per heavy atom. The first-order chi connectivity index (χ1) is 47.7. The zero-order valence-electron chi connectivity index (χ0n) is 53.5. The Labute approximate surface area is 586 Å². The Morgan fingerprint density at radius 3 is 1.24 bits per heavy atom. The Kier molecular flexibility index (Phi) is 24.2. The van der Waals surface area contributed by atoms with Gasteiger partial charge in [0.05, 0.1) is 34.8 Å². The molecule has 7 N–H and O–H groups in total. The molecule has 6 aromatic carbocycles. The fourth-order valence-corrected chi connectivity index (χ4v) is 12.5. The van der Waals surface area contributed by atoms with Crippen molar-refractivity contribution in [3.05, 3.63) is 220 Å². The number of carbonyl (C=O) groups excluding carboxylic acids is 2. The number of para-hydroxylation sites is 3. The second-order valence-corrected chi connectivity index (χ2v) is 24.6. The number of nitrogens with two attached hydrogens (primary N) is 3. The lowest BCUT2D eigenvalue weighted by atomic mass is 10.1. The minimum Gasteiger partial charge on any atom is -0.457 e. The van der Waals surface area contributed by atoms with Crippen LogP contribution in [0.2, 0.25) is 0 Å². The summed E-state index contributed by atoms with van der Waals surface area (Å²) in [6.45, 7) is 11.7. The standard InChI is InChI=1S/C26H26N6O2.C24H24N6O3S.C22H20N6O2.3CH4/c1-2-6-22(33)31-15-13-19(14-16-31)32-26-23(25(27)28-17-29-26)24(30-32)18-9-11-21(12-10-18)34-20-7-4-3-5-8-20;1-2-34(31,32)29-14-12-18(13-15-29)30-24-21(23(25)26-16-27-24)22(28-30)17-8-10-20(11-9-17)33-19-6-4-3-5-7-19;1-2-18(29)24-12-13-28-22-19(21(23)25-14-26-22)20(27-28)15-8-10-17(11-9-15)30-16-6-4-3-5-7-16;;;/h2-12,17,19H,13-16H2,1H3,(H2,27,28,29);2-11,16,18H,1,12-15H2,(H2,25,26,27);2-11,14H,1,12-13H2,(H,24,29)(H2,23,25,26);3*1H4/b6-2+;;;;;. The van der Waals surface area contributed by atoms with Gasteiger partial charge in [0.2, 0.25) is 21.8 Å². The van der Waals surface area contributed by atoms with Gasteiger partial charge in [-0.2, -0.15) is 19.6 Å². The summed E-state index contributed by atoms with van der Waals surface area (Å²) >= 11 is 0. The highest BCUT2D eigenvalue weighted by Crippen LogP contribution is 2.39. The Hall–Kier alpha value is -12.2. The molecule has 0 atom stereocenters. The minimum atomic E-state index is -3.43. The van der Waals surface area contributed by atoms with Gasteiger partial charge in [-0.1, -0.05) is 96.1 Å². The van der Waals surface area contributed by atoms with Crippen LogP contribution in [0.4, 0.5) is 17.5 Å². The van der Waals surface area contributed by atoms with Crippen molar-refractivity contribution in [1.82, 2.24) is 73.8 Å². The summed E-state index contributed by atoms with van der Waals surface area (Å²) in [7, 11) is -3.43. The summed E-state index contributed by atoms with van der Waals surface area (Å²) in [5.74, 6) is 5.37. The lowest BCUT2D eigenvalue weighted by Crippen LogP contribution is -2.38. The molecule has 2 amide bonds. The largest absolute Gasteiger partial charge is 0.457 e. The fourth-order valence-electron chi connectivity index (χ4n) is 11.6. The van der Waals surface area contributed by atoms with Crippen LogP contribution >= 0.6 is 0 Å². The second kappa shape index (κ2) is 33.4. The van der Waals surface area contributed by atoms with E-state index < -0.39 is 10.0 Å². The number of allylic oxidation sites excluding steroid dienone is 1. The summed E-state index contributed by atoms with van der Waals surface area (Å²) in [6, 6.07) is 51.9. The number of aromatic nitrogens is 12. The molecule has 0 spiro atoms. The molecule has 2 saturated heterocycles. The van der Waals surface area contributed by atoms with Crippen molar-refractivity contribution < 1.29 is 32.2 Å². The van der Waals surface area contributed by atoms with E-state index in [4.69, 9.17) is 41.6 Å². The van der Waals surface area contributed by atoms with Gasteiger partial charge in [-0.25, -0.2) is 52.4 Å². The van der Waals surface area contributed by atoms with Gasteiger partial charge in [0.25, 0.3) is 0 Å². The highest BCUT2D eigenvalue weighted by atomic mass is 32.2. The van der Waals surface area contributed by atoms with Crippen LogP contribution in [0.5, 0.6) is 34.5 Å². The zero-order chi connectivity index (χ0) is 68.1. The van der Waals surface area contributed by atoms with Crippen LogP contribution in [-0.4, -0.2) is 121 Å². The lowest BCUT2D eigenvalue weighted by Gasteiger charge is -2.31. The molecule has 2 aliphatic heterocycles. The maximum Gasteiger partial charge on any atom is 0.246 e. The molecule has 101 heavy (non-hydrogen) atoms. The fraction of sp³-hybridized carbons (Fsp3) is 0.213. The molecule has 6 aromatic heterocycles. The van der Waals surface area contributed by atoms with E-state index in [1.54, 1.807) is 16.8 Å². The lowest BCUT2D eigenvalue weighted by molar-refractivity contribution is -0.127. The van der Waals surface area contributed by atoms with Gasteiger partial charge in [-0.15, -0.1) is 0 Å². The monoisotopic (exact) mass is 1380 g/mol. The Morgan fingerprint density at radius 2 is 0.861 bits per heavy atom. The van der Waals surface area contributed by atoms with Gasteiger partial charge in [0.1, 0.15) is 88.0 Å². The Balaban J connectivity index is 0.000000174. The number of rotatable bonds is 18. The molecule has 12 aromatic rings. The normalized spacial score (nSPS) is 13.3. The predicted octanol–water partition coefficient (Wildman–Crippen LogP) is 13.7.